The topological polar surface area (TPSA) is 82.8 Å². The summed E-state index contributed by atoms with van der Waals surface area (Å²) in [6.07, 6.45) is 6.56. The van der Waals surface area contributed by atoms with E-state index in [-0.39, 0.29) is 16.5 Å². The van der Waals surface area contributed by atoms with Crippen LogP contribution >= 0.6 is 0 Å². The molecule has 0 unspecified atom stereocenters. The van der Waals surface area contributed by atoms with Crippen molar-refractivity contribution in [3.05, 3.63) is 58.4 Å². The highest BCUT2D eigenvalue weighted by Gasteiger charge is 2.26. The number of nitrogens with zero attached hydrogens (tertiary/aromatic N) is 5. The molecule has 152 valence electrons. The second-order valence-corrected chi connectivity index (χ2v) is 7.50. The molecule has 4 rings (SSSR count). The number of nitro benzene ring substituents is 1. The van der Waals surface area contributed by atoms with Crippen LogP contribution in [-0.4, -0.2) is 60.0 Å². The van der Waals surface area contributed by atoms with Crippen molar-refractivity contribution in [1.82, 2.24) is 9.88 Å². The van der Waals surface area contributed by atoms with Crippen LogP contribution in [-0.2, 0) is 0 Å². The van der Waals surface area contributed by atoms with Gasteiger partial charge in [-0.1, -0.05) is 0 Å². The van der Waals surface area contributed by atoms with Crippen LogP contribution in [0.4, 0.5) is 17.1 Å². The molecule has 8 heteroatoms. The fraction of sp³-hybridized carbons (Fsp3) is 0.429. The Hall–Kier alpha value is -3.16. The molecule has 0 aliphatic carbocycles. The summed E-state index contributed by atoms with van der Waals surface area (Å²) in [5, 5.41) is 11.5. The van der Waals surface area contributed by atoms with Gasteiger partial charge in [-0.25, -0.2) is 0 Å². The molecule has 1 aromatic heterocycles. The summed E-state index contributed by atoms with van der Waals surface area (Å²) in [4.78, 5) is 34.0. The molecule has 1 aromatic carbocycles. The number of piperazine rings is 1. The van der Waals surface area contributed by atoms with E-state index in [1.807, 2.05) is 17.0 Å². The lowest BCUT2D eigenvalue weighted by atomic mass is 10.1. The summed E-state index contributed by atoms with van der Waals surface area (Å²) < 4.78 is 0. The van der Waals surface area contributed by atoms with E-state index in [1.54, 1.807) is 30.6 Å². The molecule has 0 bridgehead atoms. The number of aromatic nitrogens is 1. The molecular weight excluding hydrogens is 370 g/mol. The zero-order chi connectivity index (χ0) is 20.2. The van der Waals surface area contributed by atoms with Gasteiger partial charge in [0.1, 0.15) is 5.69 Å². The lowest BCUT2D eigenvalue weighted by Crippen LogP contribution is -2.48. The number of rotatable bonds is 4. The molecule has 0 saturated carbocycles. The van der Waals surface area contributed by atoms with E-state index in [1.165, 1.54) is 6.42 Å². The Balaban J connectivity index is 1.48. The molecule has 2 aliphatic rings. The number of carbonyl (C=O) groups is 1. The summed E-state index contributed by atoms with van der Waals surface area (Å²) in [5.41, 5.74) is 2.45. The van der Waals surface area contributed by atoms with E-state index in [4.69, 9.17) is 0 Å². The van der Waals surface area contributed by atoms with Gasteiger partial charge in [0.15, 0.2) is 0 Å². The van der Waals surface area contributed by atoms with Crippen LogP contribution in [0.25, 0.3) is 0 Å². The minimum atomic E-state index is -0.293. The van der Waals surface area contributed by atoms with E-state index in [9.17, 15) is 14.9 Å². The van der Waals surface area contributed by atoms with Crippen molar-refractivity contribution in [3.8, 4) is 0 Å². The van der Waals surface area contributed by atoms with Crippen LogP contribution in [0.5, 0.6) is 0 Å². The average Bonchev–Trinajstić information content (AvgIpc) is 2.79. The fourth-order valence-electron chi connectivity index (χ4n) is 4.09. The minimum absolute atomic E-state index is 0.00421. The van der Waals surface area contributed by atoms with E-state index >= 15 is 0 Å². The van der Waals surface area contributed by atoms with Gasteiger partial charge in [0.2, 0.25) is 0 Å². The van der Waals surface area contributed by atoms with Crippen LogP contribution in [0.1, 0.15) is 29.6 Å². The molecule has 8 nitrogen and oxygen atoms in total. The minimum Gasteiger partial charge on any atom is -0.368 e. The third kappa shape index (κ3) is 4.16. The Morgan fingerprint density at radius 1 is 0.966 bits per heavy atom. The summed E-state index contributed by atoms with van der Waals surface area (Å²) in [7, 11) is 0. The molecule has 0 N–H and O–H groups in total. The predicted octanol–water partition coefficient (Wildman–Crippen LogP) is 2.94. The first-order chi connectivity index (χ1) is 14.1. The zero-order valence-corrected chi connectivity index (χ0v) is 16.4. The maximum Gasteiger partial charge on any atom is 0.292 e. The smallest absolute Gasteiger partial charge is 0.292 e. The van der Waals surface area contributed by atoms with Crippen molar-refractivity contribution in [2.75, 3.05) is 49.1 Å². The number of piperidine rings is 1. The molecule has 2 fully saturated rings. The molecule has 0 radical (unpaired) electrons. The predicted molar refractivity (Wildman–Crippen MR) is 112 cm³/mol. The maximum atomic E-state index is 12.6. The molecule has 0 atom stereocenters. The van der Waals surface area contributed by atoms with Crippen molar-refractivity contribution < 1.29 is 9.72 Å². The lowest BCUT2D eigenvalue weighted by Gasteiger charge is -2.37. The molecule has 2 aliphatic heterocycles. The number of pyridine rings is 1. The number of benzene rings is 1. The van der Waals surface area contributed by atoms with Crippen LogP contribution in [0.15, 0.2) is 42.7 Å². The third-order valence-electron chi connectivity index (χ3n) is 5.69. The highest BCUT2D eigenvalue weighted by molar-refractivity contribution is 5.94. The van der Waals surface area contributed by atoms with E-state index in [0.29, 0.717) is 37.4 Å². The van der Waals surface area contributed by atoms with Crippen molar-refractivity contribution in [1.29, 1.82) is 0 Å². The van der Waals surface area contributed by atoms with Gasteiger partial charge in [-0.2, -0.15) is 0 Å². The van der Waals surface area contributed by atoms with Crippen LogP contribution < -0.4 is 9.80 Å². The van der Waals surface area contributed by atoms with Gasteiger partial charge in [-0.05, 0) is 43.5 Å². The molecule has 29 heavy (non-hydrogen) atoms. The van der Waals surface area contributed by atoms with Gasteiger partial charge in [0, 0.05) is 63.4 Å². The number of hydrogen-bond donors (Lipinski definition) is 0. The van der Waals surface area contributed by atoms with E-state index in [0.717, 1.165) is 31.6 Å². The summed E-state index contributed by atoms with van der Waals surface area (Å²) in [6, 6.07) is 8.93. The average molecular weight is 395 g/mol. The van der Waals surface area contributed by atoms with Crippen molar-refractivity contribution in [2.24, 2.45) is 0 Å². The highest BCUT2D eigenvalue weighted by Crippen LogP contribution is 2.34. The Labute approximate surface area is 169 Å². The molecule has 2 aromatic rings. The first-order valence-corrected chi connectivity index (χ1v) is 10.1. The monoisotopic (exact) mass is 395 g/mol. The summed E-state index contributed by atoms with van der Waals surface area (Å²) >= 11 is 0. The normalized spacial score (nSPS) is 17.3. The van der Waals surface area contributed by atoms with Gasteiger partial charge in [-0.3, -0.25) is 19.9 Å². The molecule has 2 saturated heterocycles. The zero-order valence-electron chi connectivity index (χ0n) is 16.4. The first kappa shape index (κ1) is 19.2. The van der Waals surface area contributed by atoms with E-state index < -0.39 is 0 Å². The molecule has 3 heterocycles. The number of anilines is 2. The molecule has 0 spiro atoms. The molecule has 1 amide bonds. The lowest BCUT2D eigenvalue weighted by molar-refractivity contribution is -0.384. The quantitative estimate of drug-likeness (QED) is 0.585. The number of carbonyl (C=O) groups excluding carboxylic acids is 1. The third-order valence-corrected chi connectivity index (χ3v) is 5.69. The highest BCUT2D eigenvalue weighted by atomic mass is 16.6. The second kappa shape index (κ2) is 8.46. The van der Waals surface area contributed by atoms with Gasteiger partial charge in [0.25, 0.3) is 11.6 Å². The van der Waals surface area contributed by atoms with Gasteiger partial charge in [-0.15, -0.1) is 0 Å². The van der Waals surface area contributed by atoms with Gasteiger partial charge in [0.05, 0.1) is 10.5 Å². The standard InChI is InChI=1S/C21H25N5O3/c27-21(17-5-4-8-22-16-17)25-13-11-23(12-14-25)18-6-7-19(26(28)29)20(15-18)24-9-2-1-3-10-24/h4-8,15-16H,1-3,9-14H2. The van der Waals surface area contributed by atoms with Crippen molar-refractivity contribution in [3.63, 3.8) is 0 Å². The Morgan fingerprint density at radius 3 is 2.38 bits per heavy atom. The van der Waals surface area contributed by atoms with Gasteiger partial charge >= 0.3 is 0 Å². The summed E-state index contributed by atoms with van der Waals surface area (Å²) in [5.74, 6) is -0.00421. The van der Waals surface area contributed by atoms with Crippen LogP contribution in [0.2, 0.25) is 0 Å². The Morgan fingerprint density at radius 2 is 1.72 bits per heavy atom. The Bertz CT molecular complexity index is 875. The largest absolute Gasteiger partial charge is 0.368 e. The van der Waals surface area contributed by atoms with Crippen molar-refractivity contribution >= 4 is 23.0 Å². The SMILES string of the molecule is O=C(c1cccnc1)N1CCN(c2ccc([N+](=O)[O-])c(N3CCCCC3)c2)CC1. The second-order valence-electron chi connectivity index (χ2n) is 7.50. The fourth-order valence-corrected chi connectivity index (χ4v) is 4.09. The van der Waals surface area contributed by atoms with Crippen LogP contribution in [0.3, 0.4) is 0 Å². The maximum absolute atomic E-state index is 12.6. The number of hydrogen-bond acceptors (Lipinski definition) is 6. The molecular formula is C21H25N5O3. The first-order valence-electron chi connectivity index (χ1n) is 10.1. The summed E-state index contributed by atoms with van der Waals surface area (Å²) in [6.45, 7) is 4.34. The Kier molecular flexibility index (Phi) is 5.59. The van der Waals surface area contributed by atoms with Gasteiger partial charge < -0.3 is 14.7 Å². The number of nitro groups is 1. The van der Waals surface area contributed by atoms with Crippen LogP contribution in [0, 0.1) is 10.1 Å². The number of amides is 1. The van der Waals surface area contributed by atoms with E-state index in [2.05, 4.69) is 14.8 Å². The van der Waals surface area contributed by atoms with Crippen molar-refractivity contribution in [2.45, 2.75) is 19.3 Å².